The topological polar surface area (TPSA) is 144 Å². The number of anilines is 2. The van der Waals surface area contributed by atoms with Crippen LogP contribution in [0.5, 0.6) is 0 Å². The minimum atomic E-state index is -1.58. The van der Waals surface area contributed by atoms with Crippen molar-refractivity contribution in [3.8, 4) is 0 Å². The Bertz CT molecular complexity index is 1730. The van der Waals surface area contributed by atoms with Gasteiger partial charge in [0.15, 0.2) is 40.8 Å². The summed E-state index contributed by atoms with van der Waals surface area (Å²) in [6.07, 6.45) is 0. The first kappa shape index (κ1) is 26.4. The molecular weight excluding hydrogens is 536 g/mol. The van der Waals surface area contributed by atoms with Gasteiger partial charge in [-0.25, -0.2) is 0 Å². The first-order valence-electron chi connectivity index (χ1n) is 13.0. The number of benzene rings is 4. The van der Waals surface area contributed by atoms with E-state index in [1.54, 1.807) is 60.7 Å². The minimum absolute atomic E-state index is 0.0340. The number of carbonyl (C=O) groups excluding carboxylic acids is 7. The van der Waals surface area contributed by atoms with E-state index in [9.17, 15) is 33.6 Å². The third-order valence-electron chi connectivity index (χ3n) is 7.28. The van der Waals surface area contributed by atoms with E-state index in [-0.39, 0.29) is 33.4 Å². The number of hydrogen-bond donors (Lipinski definition) is 2. The lowest BCUT2D eigenvalue weighted by Gasteiger charge is -2.08. The Morgan fingerprint density at radius 3 is 1.19 bits per heavy atom. The monoisotopic (exact) mass is 556 g/mol. The van der Waals surface area contributed by atoms with Crippen LogP contribution in [0.2, 0.25) is 0 Å². The van der Waals surface area contributed by atoms with Gasteiger partial charge in [-0.2, -0.15) is 0 Å². The van der Waals surface area contributed by atoms with E-state index >= 15 is 0 Å². The Morgan fingerprint density at radius 1 is 0.452 bits per heavy atom. The van der Waals surface area contributed by atoms with E-state index < -0.39 is 52.6 Å². The maximum atomic E-state index is 13.4. The normalized spacial score (nSPS) is 17.0. The molecular formula is C33H20N2O7. The number of rotatable bonds is 6. The van der Waals surface area contributed by atoms with Gasteiger partial charge in [0.05, 0.1) is 0 Å². The predicted octanol–water partition coefficient (Wildman–Crippen LogP) is 4.19. The molecule has 2 amide bonds. The van der Waals surface area contributed by atoms with Crippen LogP contribution in [0.1, 0.15) is 57.4 Å². The molecule has 0 radical (unpaired) electrons. The number of hydrogen-bond acceptors (Lipinski definition) is 7. The molecule has 4 aromatic rings. The van der Waals surface area contributed by atoms with Crippen LogP contribution in [0.25, 0.3) is 0 Å². The van der Waals surface area contributed by atoms with E-state index in [1.165, 1.54) is 36.4 Å². The van der Waals surface area contributed by atoms with Crippen molar-refractivity contribution in [2.45, 2.75) is 0 Å². The van der Waals surface area contributed by atoms with E-state index in [4.69, 9.17) is 0 Å². The number of amides is 2. The lowest BCUT2D eigenvalue weighted by Crippen LogP contribution is -2.31. The quantitative estimate of drug-likeness (QED) is 0.268. The third-order valence-corrected chi connectivity index (χ3v) is 7.28. The maximum Gasteiger partial charge on any atom is 0.243 e. The van der Waals surface area contributed by atoms with Gasteiger partial charge in [0.2, 0.25) is 11.8 Å². The van der Waals surface area contributed by atoms with Crippen LogP contribution in [0, 0.1) is 11.8 Å². The predicted molar refractivity (Wildman–Crippen MR) is 151 cm³/mol. The van der Waals surface area contributed by atoms with Gasteiger partial charge in [0, 0.05) is 44.8 Å². The molecule has 9 nitrogen and oxygen atoms in total. The van der Waals surface area contributed by atoms with Crippen LogP contribution in [0.4, 0.5) is 11.4 Å². The number of fused-ring (bicyclic) bond motifs is 2. The number of carbonyl (C=O) groups is 7. The van der Waals surface area contributed by atoms with Crippen LogP contribution >= 0.6 is 0 Å². The van der Waals surface area contributed by atoms with Crippen LogP contribution in [-0.2, 0) is 9.59 Å². The first-order valence-corrected chi connectivity index (χ1v) is 13.0. The molecule has 2 unspecified atom stereocenters. The summed E-state index contributed by atoms with van der Waals surface area (Å²) in [5.74, 6) is -8.04. The molecule has 0 fully saturated rings. The molecule has 2 atom stereocenters. The molecule has 0 spiro atoms. The zero-order chi connectivity index (χ0) is 29.5. The Balaban J connectivity index is 1.23. The second kappa shape index (κ2) is 10.3. The lowest BCUT2D eigenvalue weighted by molar-refractivity contribution is -0.118. The first-order chi connectivity index (χ1) is 20.2. The fraction of sp³-hybridized carbons (Fsp3) is 0.0606. The van der Waals surface area contributed by atoms with Crippen LogP contribution < -0.4 is 10.6 Å². The second-order valence-electron chi connectivity index (χ2n) is 9.88. The summed E-state index contributed by atoms with van der Waals surface area (Å²) < 4.78 is 0. The molecule has 42 heavy (non-hydrogen) atoms. The highest BCUT2D eigenvalue weighted by Crippen LogP contribution is 2.32. The smallest absolute Gasteiger partial charge is 0.243 e. The minimum Gasteiger partial charge on any atom is -0.325 e. The number of ketones is 5. The fourth-order valence-corrected chi connectivity index (χ4v) is 5.18. The maximum absolute atomic E-state index is 13.4. The van der Waals surface area contributed by atoms with Crippen molar-refractivity contribution in [1.29, 1.82) is 0 Å². The van der Waals surface area contributed by atoms with E-state index in [0.29, 0.717) is 11.4 Å². The largest absolute Gasteiger partial charge is 0.325 e. The lowest BCUT2D eigenvalue weighted by atomic mass is 9.96. The summed E-state index contributed by atoms with van der Waals surface area (Å²) in [5.41, 5.74) is 0.925. The van der Waals surface area contributed by atoms with Crippen molar-refractivity contribution in [3.63, 3.8) is 0 Å². The molecule has 0 bridgehead atoms. The molecule has 2 N–H and O–H groups in total. The Labute approximate surface area is 238 Å². The third kappa shape index (κ3) is 4.43. The van der Waals surface area contributed by atoms with Gasteiger partial charge in [0.25, 0.3) is 0 Å². The van der Waals surface area contributed by atoms with Crippen molar-refractivity contribution in [2.24, 2.45) is 11.8 Å². The van der Waals surface area contributed by atoms with Crippen LogP contribution in [0.3, 0.4) is 0 Å². The van der Waals surface area contributed by atoms with Crippen LogP contribution in [0.15, 0.2) is 97.1 Å². The number of Topliss-reactive ketones (excluding diaryl/α,β-unsaturated/α-hetero) is 4. The van der Waals surface area contributed by atoms with E-state index in [2.05, 4.69) is 10.6 Å². The van der Waals surface area contributed by atoms with Gasteiger partial charge in [0.1, 0.15) is 0 Å². The Morgan fingerprint density at radius 2 is 0.810 bits per heavy atom. The highest BCUT2D eigenvalue weighted by atomic mass is 16.2. The fourth-order valence-electron chi connectivity index (χ4n) is 5.18. The standard InChI is InChI=1S/C33H20N2O7/c36-27(17-11-13-21-23(15-17)30(39)25(28(21)37)32(41)34-19-7-3-1-4-8-19)18-12-14-22-24(16-18)31(40)26(29(22)38)33(42)35-20-9-5-2-6-10-20/h1-16,25-26H,(H,34,41)(H,35,42). The van der Waals surface area contributed by atoms with Gasteiger partial charge in [-0.15, -0.1) is 0 Å². The number of para-hydroxylation sites is 2. The summed E-state index contributed by atoms with van der Waals surface area (Å²) in [6, 6.07) is 24.7. The van der Waals surface area contributed by atoms with Crippen molar-refractivity contribution in [3.05, 3.63) is 130 Å². The zero-order valence-electron chi connectivity index (χ0n) is 21.8. The molecule has 0 saturated heterocycles. The molecule has 204 valence electrons. The van der Waals surface area contributed by atoms with Crippen molar-refractivity contribution in [1.82, 2.24) is 0 Å². The molecule has 0 heterocycles. The molecule has 6 rings (SSSR count). The van der Waals surface area contributed by atoms with Gasteiger partial charge in [-0.1, -0.05) is 48.5 Å². The molecule has 2 aliphatic carbocycles. The van der Waals surface area contributed by atoms with Crippen molar-refractivity contribution < 1.29 is 33.6 Å². The highest BCUT2D eigenvalue weighted by Gasteiger charge is 2.45. The van der Waals surface area contributed by atoms with Gasteiger partial charge in [-0.05, 0) is 48.5 Å². The van der Waals surface area contributed by atoms with Crippen molar-refractivity contribution >= 4 is 52.1 Å². The molecule has 2 aliphatic rings. The Kier molecular flexibility index (Phi) is 6.47. The molecule has 0 saturated carbocycles. The highest BCUT2D eigenvalue weighted by molar-refractivity contribution is 6.38. The SMILES string of the molecule is O=C(c1ccc2c(c1)C(=O)C(C(=O)Nc1ccccc1)C2=O)c1ccc2c(c1)C(=O)C(C(=O)Nc1ccccc1)C2=O. The summed E-state index contributed by atoms with van der Waals surface area (Å²) in [5, 5.41) is 5.13. The van der Waals surface area contributed by atoms with Gasteiger partial charge in [-0.3, -0.25) is 33.6 Å². The summed E-state index contributed by atoms with van der Waals surface area (Å²) >= 11 is 0. The molecule has 4 aromatic carbocycles. The molecule has 0 aliphatic heterocycles. The zero-order valence-corrected chi connectivity index (χ0v) is 21.8. The summed E-state index contributed by atoms with van der Waals surface area (Å²) in [7, 11) is 0. The second-order valence-corrected chi connectivity index (χ2v) is 9.88. The molecule has 9 heteroatoms. The Hall–Kier alpha value is -5.83. The van der Waals surface area contributed by atoms with Gasteiger partial charge < -0.3 is 10.6 Å². The average Bonchev–Trinajstić information content (AvgIpc) is 3.41. The van der Waals surface area contributed by atoms with Crippen LogP contribution in [-0.4, -0.2) is 40.7 Å². The summed E-state index contributed by atoms with van der Waals surface area (Å²) in [6.45, 7) is 0. The van der Waals surface area contributed by atoms with Crippen molar-refractivity contribution in [2.75, 3.05) is 10.6 Å². The average molecular weight is 557 g/mol. The van der Waals surface area contributed by atoms with E-state index in [1.807, 2.05) is 0 Å². The molecule has 0 aromatic heterocycles. The van der Waals surface area contributed by atoms with Gasteiger partial charge >= 0.3 is 0 Å². The van der Waals surface area contributed by atoms with E-state index in [0.717, 1.165) is 0 Å². The summed E-state index contributed by atoms with van der Waals surface area (Å²) in [4.78, 5) is 91.0. The number of nitrogens with one attached hydrogen (secondary N) is 2.